The minimum absolute atomic E-state index is 0.0277. The number of hydrogen-bond acceptors (Lipinski definition) is 8. The molecule has 1 rings (SSSR count). The number of nitrogens with one attached hydrogen (secondary N) is 4. The summed E-state index contributed by atoms with van der Waals surface area (Å²) in [7, 11) is 0. The lowest BCUT2D eigenvalue weighted by atomic mass is 10.0. The molecule has 4 amide bonds. The molecule has 0 aliphatic carbocycles. The number of nitrogens with two attached hydrogens (primary N) is 1. The molecule has 0 aliphatic rings. The number of carboxylic acid groups (broad SMARTS) is 1. The van der Waals surface area contributed by atoms with Gasteiger partial charge in [0, 0.05) is 6.42 Å². The van der Waals surface area contributed by atoms with Gasteiger partial charge < -0.3 is 42.3 Å². The zero-order valence-electron chi connectivity index (χ0n) is 20.3. The van der Waals surface area contributed by atoms with E-state index in [2.05, 4.69) is 21.3 Å². The largest absolute Gasteiger partial charge is 0.480 e. The molecule has 1 aromatic carbocycles. The molecule has 0 radical (unpaired) electrons. The Balaban J connectivity index is 2.76. The lowest BCUT2D eigenvalue weighted by molar-refractivity contribution is -0.143. The molecule has 0 saturated heterocycles. The number of aliphatic hydroxyl groups excluding tert-OH is 2. The molecule has 4 atom stereocenters. The molecule has 0 aliphatic heterocycles. The second-order valence-electron chi connectivity index (χ2n) is 8.59. The molecular formula is C23H35N5O8. The van der Waals surface area contributed by atoms with E-state index in [1.807, 2.05) is 0 Å². The van der Waals surface area contributed by atoms with Crippen LogP contribution >= 0.6 is 0 Å². The molecule has 36 heavy (non-hydrogen) atoms. The van der Waals surface area contributed by atoms with Crippen molar-refractivity contribution in [2.24, 2.45) is 11.7 Å². The Bertz CT molecular complexity index is 896. The molecular weight excluding hydrogens is 474 g/mol. The van der Waals surface area contributed by atoms with Crippen LogP contribution in [0.5, 0.6) is 0 Å². The third-order valence-corrected chi connectivity index (χ3v) is 5.03. The summed E-state index contributed by atoms with van der Waals surface area (Å²) in [5.41, 5.74) is 6.22. The van der Waals surface area contributed by atoms with E-state index in [1.165, 1.54) is 0 Å². The van der Waals surface area contributed by atoms with Crippen molar-refractivity contribution in [2.75, 3.05) is 19.8 Å². The Kier molecular flexibility index (Phi) is 13.1. The second-order valence-corrected chi connectivity index (χ2v) is 8.59. The number of carboxylic acids is 1. The van der Waals surface area contributed by atoms with E-state index in [1.54, 1.807) is 44.2 Å². The fourth-order valence-electron chi connectivity index (χ4n) is 3.12. The summed E-state index contributed by atoms with van der Waals surface area (Å²) < 4.78 is 0. The molecule has 0 heterocycles. The first kappa shape index (κ1) is 30.5. The van der Waals surface area contributed by atoms with Gasteiger partial charge >= 0.3 is 5.97 Å². The Labute approximate surface area is 208 Å². The maximum Gasteiger partial charge on any atom is 0.326 e. The number of amides is 4. The molecule has 0 spiro atoms. The maximum atomic E-state index is 12.7. The number of benzene rings is 1. The van der Waals surface area contributed by atoms with Gasteiger partial charge in [-0.1, -0.05) is 44.2 Å². The monoisotopic (exact) mass is 509 g/mol. The first-order valence-corrected chi connectivity index (χ1v) is 11.4. The fourth-order valence-corrected chi connectivity index (χ4v) is 3.12. The van der Waals surface area contributed by atoms with Crippen molar-refractivity contribution < 1.29 is 39.3 Å². The van der Waals surface area contributed by atoms with Crippen molar-refractivity contribution >= 4 is 29.6 Å². The van der Waals surface area contributed by atoms with E-state index in [0.717, 1.165) is 0 Å². The van der Waals surface area contributed by atoms with Crippen LogP contribution in [0.15, 0.2) is 30.3 Å². The standard InChI is InChI=1S/C23H35N5O8/c1-13(2)8-17(23(35)36)28-22(34)18(12-30)26-19(31)10-25-21(33)16(27-20(32)15(24)11-29)9-14-6-4-3-5-7-14/h3-7,13,15-18,29-30H,8-12,24H2,1-2H3,(H,25,33)(H,26,31)(H,27,32)(H,28,34)(H,35,36)/t15-,16-,17-,18-/m0/s1. The van der Waals surface area contributed by atoms with Gasteiger partial charge in [0.05, 0.1) is 19.8 Å². The third kappa shape index (κ3) is 10.8. The molecule has 0 unspecified atom stereocenters. The number of hydrogen-bond donors (Lipinski definition) is 8. The molecule has 13 nitrogen and oxygen atoms in total. The molecule has 1 aromatic rings. The number of rotatable bonds is 15. The zero-order chi connectivity index (χ0) is 27.3. The van der Waals surface area contributed by atoms with Gasteiger partial charge in [-0.3, -0.25) is 19.2 Å². The molecule has 0 fully saturated rings. The lowest BCUT2D eigenvalue weighted by Crippen LogP contribution is -2.56. The number of aliphatic hydroxyl groups is 2. The van der Waals surface area contributed by atoms with Gasteiger partial charge in [0.25, 0.3) is 0 Å². The smallest absolute Gasteiger partial charge is 0.326 e. The minimum atomic E-state index is -1.44. The van der Waals surface area contributed by atoms with E-state index in [-0.39, 0.29) is 18.8 Å². The van der Waals surface area contributed by atoms with Gasteiger partial charge in [-0.2, -0.15) is 0 Å². The highest BCUT2D eigenvalue weighted by atomic mass is 16.4. The Morgan fingerprint density at radius 3 is 1.97 bits per heavy atom. The van der Waals surface area contributed by atoms with E-state index in [4.69, 9.17) is 10.8 Å². The highest BCUT2D eigenvalue weighted by molar-refractivity contribution is 5.94. The Morgan fingerprint density at radius 1 is 0.833 bits per heavy atom. The minimum Gasteiger partial charge on any atom is -0.480 e. The SMILES string of the molecule is CC(C)C[C@H](NC(=O)[C@H](CO)NC(=O)CNC(=O)[C@H](Cc1ccccc1)NC(=O)[C@@H](N)CO)C(=O)O. The van der Waals surface area contributed by atoms with Crippen LogP contribution in [0, 0.1) is 5.92 Å². The summed E-state index contributed by atoms with van der Waals surface area (Å²) in [6.07, 6.45) is 0.226. The third-order valence-electron chi connectivity index (χ3n) is 5.03. The molecule has 9 N–H and O–H groups in total. The summed E-state index contributed by atoms with van der Waals surface area (Å²) in [5.74, 6) is -4.48. The van der Waals surface area contributed by atoms with Crippen LogP contribution < -0.4 is 27.0 Å². The fraction of sp³-hybridized carbons (Fsp3) is 0.522. The average molecular weight is 510 g/mol. The van der Waals surface area contributed by atoms with E-state index >= 15 is 0 Å². The molecule has 200 valence electrons. The van der Waals surface area contributed by atoms with Crippen molar-refractivity contribution in [2.45, 2.75) is 50.9 Å². The first-order valence-electron chi connectivity index (χ1n) is 11.4. The van der Waals surface area contributed by atoms with Gasteiger partial charge in [0.2, 0.25) is 23.6 Å². The predicted octanol–water partition coefficient (Wildman–Crippen LogP) is -2.76. The summed E-state index contributed by atoms with van der Waals surface area (Å²) in [4.78, 5) is 60.8. The van der Waals surface area contributed by atoms with Crippen LogP contribution in [-0.2, 0) is 30.4 Å². The van der Waals surface area contributed by atoms with Crippen molar-refractivity contribution in [1.82, 2.24) is 21.3 Å². The molecule has 0 aromatic heterocycles. The number of carbonyl (C=O) groups excluding carboxylic acids is 4. The number of aliphatic carboxylic acids is 1. The molecule has 13 heteroatoms. The van der Waals surface area contributed by atoms with Crippen molar-refractivity contribution in [1.29, 1.82) is 0 Å². The van der Waals surface area contributed by atoms with Crippen LogP contribution in [0.25, 0.3) is 0 Å². The Morgan fingerprint density at radius 2 is 1.44 bits per heavy atom. The highest BCUT2D eigenvalue weighted by Gasteiger charge is 2.28. The van der Waals surface area contributed by atoms with E-state index < -0.39 is 73.5 Å². The van der Waals surface area contributed by atoms with Gasteiger partial charge in [-0.25, -0.2) is 4.79 Å². The quantitative estimate of drug-likeness (QED) is 0.123. The van der Waals surface area contributed by atoms with Crippen LogP contribution in [0.2, 0.25) is 0 Å². The topological polar surface area (TPSA) is 220 Å². The van der Waals surface area contributed by atoms with E-state index in [9.17, 15) is 34.2 Å². The molecule has 0 saturated carbocycles. The highest BCUT2D eigenvalue weighted by Crippen LogP contribution is 2.06. The van der Waals surface area contributed by atoms with Crippen molar-refractivity contribution in [3.8, 4) is 0 Å². The number of carbonyl (C=O) groups is 5. The van der Waals surface area contributed by atoms with Crippen molar-refractivity contribution in [3.63, 3.8) is 0 Å². The van der Waals surface area contributed by atoms with Crippen molar-refractivity contribution in [3.05, 3.63) is 35.9 Å². The Hall–Kier alpha value is -3.55. The zero-order valence-corrected chi connectivity index (χ0v) is 20.3. The van der Waals surface area contributed by atoms with Crippen LogP contribution in [0.1, 0.15) is 25.8 Å². The lowest BCUT2D eigenvalue weighted by Gasteiger charge is -2.22. The second kappa shape index (κ2) is 15.4. The van der Waals surface area contributed by atoms with Crippen LogP contribution in [0.4, 0.5) is 0 Å². The van der Waals surface area contributed by atoms with E-state index in [0.29, 0.717) is 5.56 Å². The van der Waals surface area contributed by atoms with Gasteiger partial charge in [-0.15, -0.1) is 0 Å². The van der Waals surface area contributed by atoms with Gasteiger partial charge in [0.1, 0.15) is 24.2 Å². The first-order chi connectivity index (χ1) is 17.0. The average Bonchev–Trinajstić information content (AvgIpc) is 2.84. The summed E-state index contributed by atoms with van der Waals surface area (Å²) in [6, 6.07) is 3.74. The molecule has 0 bridgehead atoms. The predicted molar refractivity (Wildman–Crippen MR) is 128 cm³/mol. The van der Waals surface area contributed by atoms with Gasteiger partial charge in [-0.05, 0) is 17.9 Å². The van der Waals surface area contributed by atoms with Crippen LogP contribution in [0.3, 0.4) is 0 Å². The normalized spacial score (nSPS) is 14.2. The summed E-state index contributed by atoms with van der Waals surface area (Å²) in [6.45, 7) is 1.54. The van der Waals surface area contributed by atoms with Crippen LogP contribution in [-0.4, -0.2) is 88.8 Å². The van der Waals surface area contributed by atoms with Gasteiger partial charge in [0.15, 0.2) is 0 Å². The summed E-state index contributed by atoms with van der Waals surface area (Å²) in [5, 5.41) is 37.1. The maximum absolute atomic E-state index is 12.7. The summed E-state index contributed by atoms with van der Waals surface area (Å²) >= 11 is 0.